The molecule has 152 valence electrons. The van der Waals surface area contributed by atoms with Crippen molar-refractivity contribution in [3.8, 4) is 11.3 Å². The van der Waals surface area contributed by atoms with Crippen molar-refractivity contribution >= 4 is 23.0 Å². The molecule has 3 aromatic heterocycles. The van der Waals surface area contributed by atoms with Gasteiger partial charge in [0.2, 0.25) is 0 Å². The highest BCUT2D eigenvalue weighted by molar-refractivity contribution is 5.81. The van der Waals surface area contributed by atoms with Gasteiger partial charge >= 0.3 is 0 Å². The predicted octanol–water partition coefficient (Wildman–Crippen LogP) is 4.43. The fourth-order valence-corrected chi connectivity index (χ4v) is 3.75. The normalized spacial score (nSPS) is 16.1. The smallest absolute Gasteiger partial charge is 0.173 e. The SMILES string of the molecule is CC1Nc2ncnc(NC(C)c3nc4c(F)cccn4c3-c3cccc(F)c3)c2N1. The van der Waals surface area contributed by atoms with Crippen LogP contribution in [0.25, 0.3) is 16.9 Å². The van der Waals surface area contributed by atoms with Crippen molar-refractivity contribution in [3.63, 3.8) is 0 Å². The molecule has 1 aliphatic heterocycles. The predicted molar refractivity (Wildman–Crippen MR) is 111 cm³/mol. The van der Waals surface area contributed by atoms with E-state index in [4.69, 9.17) is 0 Å². The number of fused-ring (bicyclic) bond motifs is 2. The Hall–Kier alpha value is -3.75. The molecule has 0 amide bonds. The summed E-state index contributed by atoms with van der Waals surface area (Å²) >= 11 is 0. The molecule has 3 N–H and O–H groups in total. The lowest BCUT2D eigenvalue weighted by atomic mass is 10.1. The van der Waals surface area contributed by atoms with Crippen LogP contribution >= 0.6 is 0 Å². The van der Waals surface area contributed by atoms with Gasteiger partial charge in [-0.25, -0.2) is 23.7 Å². The summed E-state index contributed by atoms with van der Waals surface area (Å²) in [6.45, 7) is 3.88. The van der Waals surface area contributed by atoms with E-state index in [0.717, 1.165) is 5.69 Å². The topological polar surface area (TPSA) is 79.2 Å². The lowest BCUT2D eigenvalue weighted by Crippen LogP contribution is -2.17. The average molecular weight is 407 g/mol. The minimum atomic E-state index is -0.448. The largest absolute Gasteiger partial charge is 0.360 e. The number of pyridine rings is 1. The molecule has 30 heavy (non-hydrogen) atoms. The fourth-order valence-electron chi connectivity index (χ4n) is 3.75. The first-order valence-corrected chi connectivity index (χ1v) is 9.58. The standard InChI is InChI=1S/C21H19F2N7/c1-11(26-19-17-20(25-10-24-19)28-12(2)27-17)16-18(13-5-3-6-14(22)9-13)30-8-4-7-15(23)21(30)29-16/h3-12,27H,1-2H3,(H2,24,25,26,28). The zero-order chi connectivity index (χ0) is 20.8. The van der Waals surface area contributed by atoms with Gasteiger partial charge in [-0.05, 0) is 38.1 Å². The molecular formula is C21H19F2N7. The van der Waals surface area contributed by atoms with Crippen LogP contribution in [0.4, 0.5) is 26.1 Å². The minimum Gasteiger partial charge on any atom is -0.360 e. The highest BCUT2D eigenvalue weighted by atomic mass is 19.1. The van der Waals surface area contributed by atoms with Crippen LogP contribution in [0.3, 0.4) is 0 Å². The molecule has 0 aliphatic carbocycles. The summed E-state index contributed by atoms with van der Waals surface area (Å²) in [6.07, 6.45) is 3.22. The van der Waals surface area contributed by atoms with Gasteiger partial charge in [-0.2, -0.15) is 0 Å². The molecule has 2 unspecified atom stereocenters. The number of anilines is 3. The highest BCUT2D eigenvalue weighted by Gasteiger charge is 2.25. The Morgan fingerprint density at radius 1 is 1.13 bits per heavy atom. The van der Waals surface area contributed by atoms with Crippen LogP contribution < -0.4 is 16.0 Å². The number of benzene rings is 1. The van der Waals surface area contributed by atoms with Crippen molar-refractivity contribution in [1.82, 2.24) is 19.4 Å². The molecule has 0 saturated carbocycles. The van der Waals surface area contributed by atoms with Crippen LogP contribution in [-0.4, -0.2) is 25.5 Å². The maximum Gasteiger partial charge on any atom is 0.173 e. The maximum absolute atomic E-state index is 14.5. The Morgan fingerprint density at radius 2 is 2.00 bits per heavy atom. The summed E-state index contributed by atoms with van der Waals surface area (Å²) in [5.74, 6) is 0.491. The van der Waals surface area contributed by atoms with Gasteiger partial charge in [-0.15, -0.1) is 0 Å². The van der Waals surface area contributed by atoms with Gasteiger partial charge < -0.3 is 16.0 Å². The molecule has 1 aromatic carbocycles. The van der Waals surface area contributed by atoms with Crippen molar-refractivity contribution in [3.05, 3.63) is 66.3 Å². The number of nitrogens with one attached hydrogen (secondary N) is 3. The summed E-state index contributed by atoms with van der Waals surface area (Å²) in [6, 6.07) is 8.80. The summed E-state index contributed by atoms with van der Waals surface area (Å²) in [7, 11) is 0. The van der Waals surface area contributed by atoms with E-state index >= 15 is 0 Å². The van der Waals surface area contributed by atoms with Crippen LogP contribution in [0.15, 0.2) is 48.9 Å². The second-order valence-corrected chi connectivity index (χ2v) is 7.23. The molecule has 2 atom stereocenters. The number of aromatic nitrogens is 4. The molecule has 4 aromatic rings. The molecule has 0 fully saturated rings. The zero-order valence-corrected chi connectivity index (χ0v) is 16.3. The molecule has 0 bridgehead atoms. The minimum absolute atomic E-state index is 0.0275. The number of nitrogens with zero attached hydrogens (tertiary/aromatic N) is 4. The number of rotatable bonds is 4. The van der Waals surface area contributed by atoms with Gasteiger partial charge in [0.05, 0.1) is 23.6 Å². The van der Waals surface area contributed by atoms with Gasteiger partial charge in [-0.3, -0.25) is 4.40 Å². The van der Waals surface area contributed by atoms with Crippen LogP contribution in [0.1, 0.15) is 25.6 Å². The maximum atomic E-state index is 14.5. The van der Waals surface area contributed by atoms with Crippen molar-refractivity contribution in [1.29, 1.82) is 0 Å². The number of hydrogen-bond donors (Lipinski definition) is 3. The van der Waals surface area contributed by atoms with Crippen molar-refractivity contribution < 1.29 is 8.78 Å². The number of hydrogen-bond acceptors (Lipinski definition) is 6. The first-order valence-electron chi connectivity index (χ1n) is 9.58. The van der Waals surface area contributed by atoms with Crippen LogP contribution in [-0.2, 0) is 0 Å². The molecule has 0 radical (unpaired) electrons. The molecule has 5 rings (SSSR count). The summed E-state index contributed by atoms with van der Waals surface area (Å²) in [5.41, 5.74) is 2.75. The van der Waals surface area contributed by atoms with E-state index in [1.54, 1.807) is 28.8 Å². The Kier molecular flexibility index (Phi) is 4.23. The Bertz CT molecular complexity index is 1250. The molecule has 9 heteroatoms. The first kappa shape index (κ1) is 18.3. The quantitative estimate of drug-likeness (QED) is 0.465. The second-order valence-electron chi connectivity index (χ2n) is 7.23. The van der Waals surface area contributed by atoms with Crippen molar-refractivity contribution in [2.24, 2.45) is 0 Å². The summed E-state index contributed by atoms with van der Waals surface area (Å²) in [5, 5.41) is 9.83. The van der Waals surface area contributed by atoms with Gasteiger partial charge in [0.15, 0.2) is 23.1 Å². The molecule has 0 saturated heterocycles. The van der Waals surface area contributed by atoms with E-state index in [9.17, 15) is 8.78 Å². The molecule has 0 spiro atoms. The lowest BCUT2D eigenvalue weighted by Gasteiger charge is -2.16. The molecule has 1 aliphatic rings. The average Bonchev–Trinajstić information content (AvgIpc) is 3.29. The van der Waals surface area contributed by atoms with Gasteiger partial charge in [0.1, 0.15) is 17.8 Å². The number of halogens is 2. The monoisotopic (exact) mass is 407 g/mol. The third-order valence-electron chi connectivity index (χ3n) is 5.05. The van der Waals surface area contributed by atoms with E-state index in [2.05, 4.69) is 30.9 Å². The Morgan fingerprint density at radius 3 is 2.83 bits per heavy atom. The van der Waals surface area contributed by atoms with Crippen LogP contribution in [0, 0.1) is 11.6 Å². The Balaban J connectivity index is 1.62. The lowest BCUT2D eigenvalue weighted by molar-refractivity contribution is 0.628. The molecular weight excluding hydrogens is 388 g/mol. The van der Waals surface area contributed by atoms with E-state index < -0.39 is 5.82 Å². The first-order chi connectivity index (χ1) is 14.5. The van der Waals surface area contributed by atoms with E-state index in [1.165, 1.54) is 24.5 Å². The number of imidazole rings is 1. The van der Waals surface area contributed by atoms with E-state index in [1.807, 2.05) is 13.8 Å². The van der Waals surface area contributed by atoms with E-state index in [-0.39, 0.29) is 23.7 Å². The van der Waals surface area contributed by atoms with Crippen LogP contribution in [0.2, 0.25) is 0 Å². The summed E-state index contributed by atoms with van der Waals surface area (Å²) in [4.78, 5) is 13.1. The van der Waals surface area contributed by atoms with Gasteiger partial charge in [0.25, 0.3) is 0 Å². The third-order valence-corrected chi connectivity index (χ3v) is 5.05. The van der Waals surface area contributed by atoms with Gasteiger partial charge in [0, 0.05) is 11.8 Å². The zero-order valence-electron chi connectivity index (χ0n) is 16.3. The highest BCUT2D eigenvalue weighted by Crippen LogP contribution is 2.36. The third kappa shape index (κ3) is 2.99. The summed E-state index contributed by atoms with van der Waals surface area (Å²) < 4.78 is 30.1. The van der Waals surface area contributed by atoms with Crippen LogP contribution in [0.5, 0.6) is 0 Å². The molecule has 4 heterocycles. The van der Waals surface area contributed by atoms with Crippen molar-refractivity contribution in [2.75, 3.05) is 16.0 Å². The second kappa shape index (κ2) is 6.94. The van der Waals surface area contributed by atoms with Crippen molar-refractivity contribution in [2.45, 2.75) is 26.1 Å². The fraction of sp³-hybridized carbons (Fsp3) is 0.190. The van der Waals surface area contributed by atoms with Gasteiger partial charge in [-0.1, -0.05) is 12.1 Å². The van der Waals surface area contributed by atoms with E-state index in [0.29, 0.717) is 28.6 Å². The molecule has 7 nitrogen and oxygen atoms in total. The Labute approximate surface area is 171 Å².